The van der Waals surface area contributed by atoms with Crippen molar-refractivity contribution in [2.75, 3.05) is 14.2 Å². The standard InChI is InChI=1S/C24H21BrO5/c1-14(26)29-18-7-4-15(5-8-18)24-23(21-12-17(25)6-9-22(21)30-24)16-10-19(27-2)13-20(11-16)28-3/h4-13,23-24H,1-3H3/t23?,24-/m0/s1. The Morgan fingerprint density at radius 1 is 0.867 bits per heavy atom. The minimum absolute atomic E-state index is 0.0684. The Kier molecular flexibility index (Phi) is 5.68. The maximum absolute atomic E-state index is 11.2. The number of hydrogen-bond donors (Lipinski definition) is 0. The SMILES string of the molecule is COc1cc(OC)cc(C2c3cc(Br)ccc3O[C@H]2c2ccc(OC(C)=O)cc2)c1. The van der Waals surface area contributed by atoms with Crippen molar-refractivity contribution < 1.29 is 23.7 Å². The van der Waals surface area contributed by atoms with Gasteiger partial charge in [-0.3, -0.25) is 4.79 Å². The van der Waals surface area contributed by atoms with Crippen LogP contribution in [0.4, 0.5) is 0 Å². The summed E-state index contributed by atoms with van der Waals surface area (Å²) < 4.78 is 23.5. The summed E-state index contributed by atoms with van der Waals surface area (Å²) in [7, 11) is 3.28. The van der Waals surface area contributed by atoms with Crippen molar-refractivity contribution in [1.82, 2.24) is 0 Å². The highest BCUT2D eigenvalue weighted by atomic mass is 79.9. The molecule has 0 saturated heterocycles. The average Bonchev–Trinajstić information content (AvgIpc) is 3.12. The molecule has 4 rings (SSSR count). The van der Waals surface area contributed by atoms with Gasteiger partial charge in [0.25, 0.3) is 0 Å². The van der Waals surface area contributed by atoms with Crippen molar-refractivity contribution in [3.05, 3.63) is 81.8 Å². The van der Waals surface area contributed by atoms with E-state index in [1.807, 2.05) is 42.5 Å². The molecule has 154 valence electrons. The minimum Gasteiger partial charge on any atom is -0.497 e. The number of methoxy groups -OCH3 is 2. The second-order valence-corrected chi connectivity index (χ2v) is 7.92. The fraction of sp³-hybridized carbons (Fsp3) is 0.208. The van der Waals surface area contributed by atoms with Crippen molar-refractivity contribution >= 4 is 21.9 Å². The third-order valence-corrected chi connectivity index (χ3v) is 5.56. The lowest BCUT2D eigenvalue weighted by Gasteiger charge is -2.21. The number of hydrogen-bond acceptors (Lipinski definition) is 5. The predicted molar refractivity (Wildman–Crippen MR) is 117 cm³/mol. The van der Waals surface area contributed by atoms with Crippen molar-refractivity contribution in [2.45, 2.75) is 18.9 Å². The number of esters is 1. The Labute approximate surface area is 183 Å². The Morgan fingerprint density at radius 2 is 1.53 bits per heavy atom. The zero-order valence-corrected chi connectivity index (χ0v) is 18.4. The van der Waals surface area contributed by atoms with Crippen molar-refractivity contribution in [1.29, 1.82) is 0 Å². The van der Waals surface area contributed by atoms with Gasteiger partial charge in [0.05, 0.1) is 20.1 Å². The lowest BCUT2D eigenvalue weighted by molar-refractivity contribution is -0.131. The van der Waals surface area contributed by atoms with E-state index < -0.39 is 0 Å². The average molecular weight is 469 g/mol. The van der Waals surface area contributed by atoms with Gasteiger partial charge in [-0.1, -0.05) is 28.1 Å². The Morgan fingerprint density at radius 3 is 2.13 bits per heavy atom. The molecule has 0 spiro atoms. The summed E-state index contributed by atoms with van der Waals surface area (Å²) in [5.41, 5.74) is 3.08. The fourth-order valence-corrected chi connectivity index (χ4v) is 4.13. The quantitative estimate of drug-likeness (QED) is 0.357. The third kappa shape index (κ3) is 4.00. The molecule has 5 nitrogen and oxygen atoms in total. The second-order valence-electron chi connectivity index (χ2n) is 7.01. The zero-order chi connectivity index (χ0) is 21.3. The van der Waals surface area contributed by atoms with Crippen LogP contribution >= 0.6 is 15.9 Å². The summed E-state index contributed by atoms with van der Waals surface area (Å²) in [5.74, 6) is 2.36. The van der Waals surface area contributed by atoms with Gasteiger partial charge in [0.15, 0.2) is 0 Å². The van der Waals surface area contributed by atoms with E-state index in [1.54, 1.807) is 26.4 Å². The van der Waals surface area contributed by atoms with E-state index >= 15 is 0 Å². The van der Waals surface area contributed by atoms with Crippen LogP contribution < -0.4 is 18.9 Å². The molecule has 6 heteroatoms. The highest BCUT2D eigenvalue weighted by molar-refractivity contribution is 9.10. The summed E-state index contributed by atoms with van der Waals surface area (Å²) in [4.78, 5) is 11.2. The normalized spacial score (nSPS) is 17.1. The fourth-order valence-electron chi connectivity index (χ4n) is 3.75. The van der Waals surface area contributed by atoms with Gasteiger partial charge in [-0.15, -0.1) is 0 Å². The molecule has 1 aliphatic rings. The molecule has 0 aromatic heterocycles. The molecule has 0 N–H and O–H groups in total. The molecule has 0 aliphatic carbocycles. The van der Waals surface area contributed by atoms with E-state index in [0.29, 0.717) is 5.75 Å². The molecule has 1 unspecified atom stereocenters. The monoisotopic (exact) mass is 468 g/mol. The molecule has 3 aromatic carbocycles. The van der Waals surface area contributed by atoms with Crippen LogP contribution in [0.3, 0.4) is 0 Å². The minimum atomic E-state index is -0.349. The molecule has 0 radical (unpaired) electrons. The molecule has 30 heavy (non-hydrogen) atoms. The maximum Gasteiger partial charge on any atom is 0.308 e. The lowest BCUT2D eigenvalue weighted by atomic mass is 9.85. The molecular formula is C24H21BrO5. The zero-order valence-electron chi connectivity index (χ0n) is 16.8. The van der Waals surface area contributed by atoms with Gasteiger partial charge in [-0.2, -0.15) is 0 Å². The largest absolute Gasteiger partial charge is 0.497 e. The molecule has 0 amide bonds. The first-order valence-electron chi connectivity index (χ1n) is 9.46. The summed E-state index contributed by atoms with van der Waals surface area (Å²) >= 11 is 3.58. The van der Waals surface area contributed by atoms with Gasteiger partial charge in [0.2, 0.25) is 0 Å². The first-order chi connectivity index (χ1) is 14.5. The van der Waals surface area contributed by atoms with Crippen molar-refractivity contribution in [3.8, 4) is 23.0 Å². The van der Waals surface area contributed by atoms with Crippen LogP contribution in [0, 0.1) is 0 Å². The number of fused-ring (bicyclic) bond motifs is 1. The molecule has 1 heterocycles. The predicted octanol–water partition coefficient (Wildman–Crippen LogP) is 5.66. The lowest BCUT2D eigenvalue weighted by Crippen LogP contribution is -2.12. The Balaban J connectivity index is 1.80. The number of carbonyl (C=O) groups excluding carboxylic acids is 1. The van der Waals surface area contributed by atoms with Crippen LogP contribution in [0.25, 0.3) is 0 Å². The number of carbonyl (C=O) groups is 1. The summed E-state index contributed by atoms with van der Waals surface area (Å²) in [6, 6.07) is 19.3. The van der Waals surface area contributed by atoms with Gasteiger partial charge >= 0.3 is 5.97 Å². The van der Waals surface area contributed by atoms with Crippen molar-refractivity contribution in [3.63, 3.8) is 0 Å². The van der Waals surface area contributed by atoms with Crippen LogP contribution in [-0.4, -0.2) is 20.2 Å². The van der Waals surface area contributed by atoms with E-state index in [9.17, 15) is 4.79 Å². The van der Waals surface area contributed by atoms with Gasteiger partial charge < -0.3 is 18.9 Å². The third-order valence-electron chi connectivity index (χ3n) is 5.07. The molecule has 0 bridgehead atoms. The van der Waals surface area contributed by atoms with Crippen LogP contribution in [-0.2, 0) is 4.79 Å². The van der Waals surface area contributed by atoms with E-state index in [-0.39, 0.29) is 18.0 Å². The number of rotatable bonds is 5. The summed E-state index contributed by atoms with van der Waals surface area (Å²) in [6.07, 6.45) is -0.252. The number of halogens is 1. The van der Waals surface area contributed by atoms with Gasteiger partial charge in [0.1, 0.15) is 29.1 Å². The maximum atomic E-state index is 11.2. The van der Waals surface area contributed by atoms with Gasteiger partial charge in [-0.05, 0) is 53.6 Å². The second kappa shape index (κ2) is 8.40. The van der Waals surface area contributed by atoms with E-state index in [1.165, 1.54) is 6.92 Å². The van der Waals surface area contributed by atoms with E-state index in [0.717, 1.165) is 38.4 Å². The molecule has 2 atom stereocenters. The van der Waals surface area contributed by atoms with Crippen LogP contribution in [0.2, 0.25) is 0 Å². The van der Waals surface area contributed by atoms with Crippen LogP contribution in [0.15, 0.2) is 65.1 Å². The molecule has 0 fully saturated rings. The molecule has 0 saturated carbocycles. The number of benzene rings is 3. The van der Waals surface area contributed by atoms with Crippen LogP contribution in [0.5, 0.6) is 23.0 Å². The molecule has 3 aromatic rings. The summed E-state index contributed by atoms with van der Waals surface area (Å²) in [6.45, 7) is 1.38. The molecular weight excluding hydrogens is 448 g/mol. The first-order valence-corrected chi connectivity index (χ1v) is 10.2. The smallest absolute Gasteiger partial charge is 0.308 e. The topological polar surface area (TPSA) is 54.0 Å². The highest BCUT2D eigenvalue weighted by Crippen LogP contribution is 2.51. The number of ether oxygens (including phenoxy) is 4. The summed E-state index contributed by atoms with van der Waals surface area (Å²) in [5, 5.41) is 0. The Hall–Kier alpha value is -2.99. The van der Waals surface area contributed by atoms with E-state index in [4.69, 9.17) is 18.9 Å². The van der Waals surface area contributed by atoms with Gasteiger partial charge in [0, 0.05) is 23.0 Å². The van der Waals surface area contributed by atoms with E-state index in [2.05, 4.69) is 22.0 Å². The van der Waals surface area contributed by atoms with Gasteiger partial charge in [-0.25, -0.2) is 0 Å². The Bertz CT molecular complexity index is 1060. The molecule has 1 aliphatic heterocycles. The first kappa shape index (κ1) is 20.3. The van der Waals surface area contributed by atoms with Crippen LogP contribution in [0.1, 0.15) is 35.6 Å². The van der Waals surface area contributed by atoms with Crippen molar-refractivity contribution in [2.24, 2.45) is 0 Å². The highest BCUT2D eigenvalue weighted by Gasteiger charge is 2.37.